The van der Waals surface area contributed by atoms with E-state index in [0.29, 0.717) is 22.6 Å². The van der Waals surface area contributed by atoms with Crippen molar-refractivity contribution in [3.63, 3.8) is 0 Å². The third-order valence-electron chi connectivity index (χ3n) is 11.7. The molecule has 0 aromatic heterocycles. The van der Waals surface area contributed by atoms with Gasteiger partial charge in [-0.15, -0.1) is 24.8 Å². The molecule has 4 aliphatic rings. The summed E-state index contributed by atoms with van der Waals surface area (Å²) in [5.74, 6) is 1.87. The quantitative estimate of drug-likeness (QED) is 0.228. The van der Waals surface area contributed by atoms with Gasteiger partial charge in [-0.1, -0.05) is 35.3 Å². The number of hydrogen-bond donors (Lipinski definition) is 1. The van der Waals surface area contributed by atoms with Gasteiger partial charge < -0.3 is 19.9 Å². The number of ketones is 1. The molecule has 0 spiro atoms. The molecule has 10 nitrogen and oxygen atoms in total. The van der Waals surface area contributed by atoms with Gasteiger partial charge in [0.15, 0.2) is 0 Å². The Morgan fingerprint density at radius 1 is 0.768 bits per heavy atom. The lowest BCUT2D eigenvalue weighted by molar-refractivity contribution is -0.125. The number of piperidine rings is 1. The van der Waals surface area contributed by atoms with E-state index in [-0.39, 0.29) is 43.1 Å². The topological polar surface area (TPSA) is 95.4 Å². The van der Waals surface area contributed by atoms with Gasteiger partial charge in [-0.25, -0.2) is 0 Å². The number of Topliss-reactive ketones (excluding diaryl/α,β-unsaturated/α-hetero) is 1. The number of benzene rings is 2. The molecule has 312 valence electrons. The van der Waals surface area contributed by atoms with Gasteiger partial charge in [0.05, 0.1) is 33.9 Å². The second-order valence-corrected chi connectivity index (χ2v) is 16.4. The molecule has 2 aromatic carbocycles. The van der Waals surface area contributed by atoms with Crippen molar-refractivity contribution in [3.8, 4) is 6.07 Å². The number of carbonyl (C=O) groups is 2. The first-order chi connectivity index (χ1) is 26.2. The molecular weight excluding hydrogens is 792 g/mol. The number of ether oxygens (including phenoxy) is 1. The standard InChI is InChI=1S/C22H32N4O2.C20H29Cl2N3O.2ClH/c1-28-17-22(27)24-20-7-5-18(6-8-20)9-10-25-11-13-26(14-12-25)21-4-2-3-19(15-21)16-23;1-16(26)15-24-9-6-17(7-10-24)5-8-23-11-13-25(14-12-23)19-4-2-3-18(21)20(19)22;;/h2-4,15,18,20H,5-14,17H2,1H3,(H,24,27);2-4,17H,5-15H2,1H3;2*1H. The summed E-state index contributed by atoms with van der Waals surface area (Å²) in [6, 6.07) is 16.3. The highest BCUT2D eigenvalue weighted by atomic mass is 35.5. The summed E-state index contributed by atoms with van der Waals surface area (Å²) >= 11 is 12.5. The zero-order chi connectivity index (χ0) is 38.3. The van der Waals surface area contributed by atoms with Gasteiger partial charge in [-0.2, -0.15) is 5.26 Å². The number of nitriles is 1. The van der Waals surface area contributed by atoms with Crippen LogP contribution in [0.15, 0.2) is 42.5 Å². The van der Waals surface area contributed by atoms with Crippen molar-refractivity contribution in [2.75, 3.05) is 109 Å². The van der Waals surface area contributed by atoms with Crippen molar-refractivity contribution >= 4 is 71.1 Å². The van der Waals surface area contributed by atoms with E-state index in [1.807, 2.05) is 30.3 Å². The number of halogens is 4. The lowest BCUT2D eigenvalue weighted by atomic mass is 9.84. The van der Waals surface area contributed by atoms with E-state index in [9.17, 15) is 9.59 Å². The van der Waals surface area contributed by atoms with Crippen LogP contribution < -0.4 is 15.1 Å². The van der Waals surface area contributed by atoms with Crippen molar-refractivity contribution in [2.45, 2.75) is 64.3 Å². The number of nitrogens with zero attached hydrogens (tertiary/aromatic N) is 6. The van der Waals surface area contributed by atoms with Crippen molar-refractivity contribution < 1.29 is 14.3 Å². The number of hydrogen-bond acceptors (Lipinski definition) is 9. The molecule has 3 saturated heterocycles. The van der Waals surface area contributed by atoms with Crippen molar-refractivity contribution in [1.29, 1.82) is 5.26 Å². The minimum Gasteiger partial charge on any atom is -0.375 e. The number of amides is 1. The molecule has 6 rings (SSSR count). The van der Waals surface area contributed by atoms with Crippen LogP contribution in [0.5, 0.6) is 0 Å². The highest BCUT2D eigenvalue weighted by Crippen LogP contribution is 2.33. The molecule has 0 radical (unpaired) electrons. The van der Waals surface area contributed by atoms with Crippen molar-refractivity contribution in [1.82, 2.24) is 20.0 Å². The maximum Gasteiger partial charge on any atom is 0.246 e. The van der Waals surface area contributed by atoms with E-state index in [0.717, 1.165) is 114 Å². The van der Waals surface area contributed by atoms with Crippen LogP contribution in [0, 0.1) is 23.2 Å². The van der Waals surface area contributed by atoms with Gasteiger partial charge in [-0.05, 0) is 127 Å². The van der Waals surface area contributed by atoms with Crippen LogP contribution in [0.3, 0.4) is 0 Å². The number of rotatable bonds is 13. The Kier molecular flexibility index (Phi) is 21.6. The Morgan fingerprint density at radius 2 is 1.34 bits per heavy atom. The molecule has 4 fully saturated rings. The highest BCUT2D eigenvalue weighted by Gasteiger charge is 2.25. The van der Waals surface area contributed by atoms with Crippen LogP contribution in [0.2, 0.25) is 10.0 Å². The Balaban J connectivity index is 0.000000291. The maximum absolute atomic E-state index is 11.6. The van der Waals surface area contributed by atoms with E-state index >= 15 is 0 Å². The van der Waals surface area contributed by atoms with Crippen molar-refractivity contribution in [3.05, 3.63) is 58.1 Å². The fourth-order valence-electron chi connectivity index (χ4n) is 8.43. The summed E-state index contributed by atoms with van der Waals surface area (Å²) < 4.78 is 4.88. The van der Waals surface area contributed by atoms with Gasteiger partial charge in [0.2, 0.25) is 5.91 Å². The first-order valence-corrected chi connectivity index (χ1v) is 20.8. The molecule has 3 heterocycles. The van der Waals surface area contributed by atoms with Gasteiger partial charge in [-0.3, -0.25) is 24.3 Å². The minimum atomic E-state index is 0. The predicted octanol–water partition coefficient (Wildman–Crippen LogP) is 7.04. The molecule has 56 heavy (non-hydrogen) atoms. The predicted molar refractivity (Wildman–Crippen MR) is 234 cm³/mol. The lowest BCUT2D eigenvalue weighted by Crippen LogP contribution is -2.47. The Labute approximate surface area is 358 Å². The number of methoxy groups -OCH3 is 1. The molecule has 1 N–H and O–H groups in total. The first kappa shape index (κ1) is 48.0. The van der Waals surface area contributed by atoms with Crippen LogP contribution in [0.25, 0.3) is 0 Å². The molecule has 0 atom stereocenters. The van der Waals surface area contributed by atoms with E-state index in [1.54, 1.807) is 14.0 Å². The normalized spacial score (nSPS) is 21.1. The summed E-state index contributed by atoms with van der Waals surface area (Å²) in [6.07, 6.45) is 9.56. The summed E-state index contributed by atoms with van der Waals surface area (Å²) in [7, 11) is 1.56. The second-order valence-electron chi connectivity index (χ2n) is 15.6. The summed E-state index contributed by atoms with van der Waals surface area (Å²) in [4.78, 5) is 35.0. The largest absolute Gasteiger partial charge is 0.375 e. The van der Waals surface area contributed by atoms with E-state index in [1.165, 1.54) is 45.1 Å². The van der Waals surface area contributed by atoms with Gasteiger partial charge >= 0.3 is 0 Å². The molecule has 1 saturated carbocycles. The average Bonchev–Trinajstić information content (AvgIpc) is 3.19. The number of nitrogens with one attached hydrogen (secondary N) is 1. The van der Waals surface area contributed by atoms with E-state index < -0.39 is 0 Å². The summed E-state index contributed by atoms with van der Waals surface area (Å²) in [5, 5.41) is 13.4. The summed E-state index contributed by atoms with van der Waals surface area (Å²) in [5.41, 5.74) is 2.94. The van der Waals surface area contributed by atoms with Gasteiger partial charge in [0.1, 0.15) is 12.4 Å². The van der Waals surface area contributed by atoms with Gasteiger partial charge in [0.25, 0.3) is 0 Å². The van der Waals surface area contributed by atoms with Crippen LogP contribution in [-0.2, 0) is 14.3 Å². The molecule has 1 aliphatic carbocycles. The molecule has 14 heteroatoms. The molecule has 0 unspecified atom stereocenters. The van der Waals surface area contributed by atoms with Gasteiger partial charge in [0, 0.05) is 71.2 Å². The third kappa shape index (κ3) is 15.4. The number of likely N-dealkylation sites (tertiary alicyclic amines) is 1. The Morgan fingerprint density at radius 3 is 1.91 bits per heavy atom. The Bertz CT molecular complexity index is 1520. The van der Waals surface area contributed by atoms with Crippen LogP contribution in [-0.4, -0.2) is 131 Å². The molecule has 3 aliphatic heterocycles. The highest BCUT2D eigenvalue weighted by molar-refractivity contribution is 6.43. The van der Waals surface area contributed by atoms with Crippen LogP contribution in [0.4, 0.5) is 11.4 Å². The van der Waals surface area contributed by atoms with Crippen LogP contribution in [0.1, 0.15) is 63.9 Å². The molecule has 2 aromatic rings. The smallest absolute Gasteiger partial charge is 0.246 e. The Hall–Kier alpha value is -2.33. The second kappa shape index (κ2) is 25.2. The zero-order valence-corrected chi connectivity index (χ0v) is 36.5. The number of piperazine rings is 2. The average molecular weight is 856 g/mol. The fourth-order valence-corrected chi connectivity index (χ4v) is 8.84. The molecular formula is C42H63Cl4N7O3. The third-order valence-corrected chi connectivity index (χ3v) is 12.5. The van der Waals surface area contributed by atoms with E-state index in [2.05, 4.69) is 48.0 Å². The lowest BCUT2D eigenvalue weighted by Gasteiger charge is -2.38. The number of anilines is 2. The van der Waals surface area contributed by atoms with Crippen LogP contribution >= 0.6 is 48.0 Å². The SMILES string of the molecule is CC(=O)CN1CCC(CCN2CCN(c3cccc(Cl)c3Cl)CC2)CC1.COCC(=O)NC1CCC(CCN2CCN(c3cccc(C#N)c3)CC2)CC1.Cl.Cl. The number of carbonyl (C=O) groups excluding carboxylic acids is 2. The first-order valence-electron chi connectivity index (χ1n) is 20.1. The minimum absolute atomic E-state index is 0. The molecule has 0 bridgehead atoms. The monoisotopic (exact) mass is 853 g/mol. The fraction of sp³-hybridized carbons (Fsp3) is 0.643. The molecule has 1 amide bonds. The maximum atomic E-state index is 11.6. The zero-order valence-electron chi connectivity index (χ0n) is 33.3. The van der Waals surface area contributed by atoms with E-state index in [4.69, 9.17) is 33.2 Å². The van der Waals surface area contributed by atoms with Crippen molar-refractivity contribution in [2.24, 2.45) is 11.8 Å². The summed E-state index contributed by atoms with van der Waals surface area (Å²) in [6.45, 7) is 15.3.